The maximum Gasteiger partial charge on any atom is 0.184 e. The number of ether oxygens (including phenoxy) is 2. The molecule has 21 heavy (non-hydrogen) atoms. The zero-order valence-electron chi connectivity index (χ0n) is 12.2. The van der Waals surface area contributed by atoms with Gasteiger partial charge in [-0.25, -0.2) is 5.75 Å². The number of esters is 1. The molecule has 0 saturated heterocycles. The molecule has 1 rings (SSSR count). The van der Waals surface area contributed by atoms with Gasteiger partial charge in [0.15, 0.2) is 5.97 Å². The summed E-state index contributed by atoms with van der Waals surface area (Å²) in [5.41, 5.74) is 8.66. The molecular formula is C12H15NO3Re2Rf2S-2. The van der Waals surface area contributed by atoms with Crippen molar-refractivity contribution in [1.29, 1.82) is 0 Å². The summed E-state index contributed by atoms with van der Waals surface area (Å²) in [6, 6.07) is 3.51. The first-order valence-corrected chi connectivity index (χ1v) is 6.33. The zero-order valence-corrected chi connectivity index (χ0v) is 31.3. The molecule has 0 saturated carbocycles. The van der Waals surface area contributed by atoms with Crippen LogP contribution in [0.25, 0.3) is 5.73 Å². The summed E-state index contributed by atoms with van der Waals surface area (Å²) < 4.78 is 10.3. The van der Waals surface area contributed by atoms with Gasteiger partial charge in [0, 0.05) is 40.8 Å². The Labute approximate surface area is 145 Å². The minimum absolute atomic E-state index is 0. The third-order valence-electron chi connectivity index (χ3n) is 2.12. The van der Waals surface area contributed by atoms with Crippen molar-refractivity contribution in [3.8, 4) is 11.5 Å². The molecule has 0 aromatic heterocycles. The molecule has 0 atom stereocenters. The second kappa shape index (κ2) is 13.0. The van der Waals surface area contributed by atoms with Gasteiger partial charge in [-0.05, 0) is 50.1 Å². The van der Waals surface area contributed by atoms with E-state index in [1.807, 2.05) is 13.8 Å². The predicted octanol–water partition coefficient (Wildman–Crippen LogP) is 3.12. The summed E-state index contributed by atoms with van der Waals surface area (Å²) in [6.45, 7) is 3.55. The van der Waals surface area contributed by atoms with Crippen molar-refractivity contribution in [2.24, 2.45) is 0 Å². The number of thioether (sulfide) groups is 1. The van der Waals surface area contributed by atoms with E-state index >= 15 is 0 Å². The number of rotatable bonds is 5. The Morgan fingerprint density at radius 1 is 1.19 bits per heavy atom. The largest absolute Gasteiger partial charge is 0.644 e. The van der Waals surface area contributed by atoms with Crippen LogP contribution in [0.1, 0.15) is 11.1 Å². The van der Waals surface area contributed by atoms with Gasteiger partial charge in [-0.3, -0.25) is 4.79 Å². The third kappa shape index (κ3) is 8.00. The van der Waals surface area contributed by atoms with Crippen LogP contribution in [-0.2, 0) is 45.6 Å². The van der Waals surface area contributed by atoms with Crippen molar-refractivity contribution in [3.63, 3.8) is 0 Å². The molecule has 0 bridgehead atoms. The number of carbonyl (C=O) groups excluding carboxylic acids is 1. The van der Waals surface area contributed by atoms with Gasteiger partial charge in [-0.2, -0.15) is 0 Å². The normalized spacial score (nSPS) is 8.00. The summed E-state index contributed by atoms with van der Waals surface area (Å²) >= 11 is 1.30. The molecule has 0 amide bonds. The van der Waals surface area contributed by atoms with Crippen LogP contribution >= 0.6 is 11.8 Å². The molecule has 0 spiro atoms. The molecule has 112 valence electrons. The fourth-order valence-corrected chi connectivity index (χ4v) is 1.58. The Morgan fingerprint density at radius 3 is 2.14 bits per heavy atom. The van der Waals surface area contributed by atoms with Crippen LogP contribution in [-0.4, -0.2) is 19.0 Å². The van der Waals surface area contributed by atoms with E-state index in [4.69, 9.17) is 15.2 Å². The Hall–Kier alpha value is -2.01. The van der Waals surface area contributed by atoms with Crippen molar-refractivity contribution in [3.05, 3.63) is 34.7 Å². The molecule has 0 fully saturated rings. The summed E-state index contributed by atoms with van der Waals surface area (Å²) in [4.78, 5) is 11.3. The van der Waals surface area contributed by atoms with Crippen LogP contribution in [0.4, 0.5) is 0 Å². The Bertz CT molecular complexity index is 426. The number of aryl methyl sites for hydroxylation is 2. The standard InChI is InChI=1S/C12H15NO3S.2Re.2Rf/c1-8-5-11(16-12(14)6-17-3)9(2)4-10(8)15-7-13;;;;/h4-6,13H,7H2,1-3H3;;;;/q-2;;;;. The van der Waals surface area contributed by atoms with Gasteiger partial charge in [0.2, 0.25) is 0 Å². The molecule has 0 heterocycles. The van der Waals surface area contributed by atoms with Crippen LogP contribution in [0, 0.1) is 19.6 Å². The van der Waals surface area contributed by atoms with Crippen LogP contribution in [0.15, 0.2) is 12.1 Å². The van der Waals surface area contributed by atoms with Gasteiger partial charge in [0.1, 0.15) is 11.5 Å². The van der Waals surface area contributed by atoms with E-state index < -0.39 is 0 Å². The molecule has 9 heteroatoms. The van der Waals surface area contributed by atoms with Crippen LogP contribution in [0.3, 0.4) is 0 Å². The number of benzene rings is 1. The minimum Gasteiger partial charge on any atom is -0.644 e. The van der Waals surface area contributed by atoms with Crippen molar-refractivity contribution >= 4 is 17.7 Å². The summed E-state index contributed by atoms with van der Waals surface area (Å²) in [5, 5.41) is 0. The van der Waals surface area contributed by atoms with Gasteiger partial charge in [0.25, 0.3) is 0 Å². The van der Waals surface area contributed by atoms with Gasteiger partial charge in [-0.1, -0.05) is 0 Å². The second-order valence-corrected chi connectivity index (χ2v) is 4.15. The summed E-state index contributed by atoms with van der Waals surface area (Å²) in [7, 11) is 0. The van der Waals surface area contributed by atoms with E-state index in [-0.39, 0.29) is 53.5 Å². The van der Waals surface area contributed by atoms with Crippen molar-refractivity contribution < 1.29 is 55.1 Å². The molecule has 0 aliphatic heterocycles. The molecular weight excluding hydrogens is 1140 g/mol. The second-order valence-electron chi connectivity index (χ2n) is 3.45. The SMILES string of the molecule is CS[CH-]C(=O)Oc1cc(C)c(OC[NH-])cc1C.[Re].[Re].[Rf].[Rf]. The number of nitrogens with one attached hydrogen (secondary N) is 1. The first-order valence-electron chi connectivity index (χ1n) is 5.05. The molecule has 2 radical (unpaired) electrons. The monoisotopic (exact) mass is 1160 g/mol. The predicted molar refractivity (Wildman–Crippen MR) is 69.2 cm³/mol. The number of carbonyl (C=O) groups is 1. The average molecular weight is 1160 g/mol. The van der Waals surface area contributed by atoms with E-state index in [2.05, 4.69) is 0 Å². The van der Waals surface area contributed by atoms with E-state index in [1.165, 1.54) is 17.5 Å². The maximum absolute atomic E-state index is 11.3. The van der Waals surface area contributed by atoms with E-state index in [0.717, 1.165) is 11.1 Å². The Balaban J connectivity index is -0.000000361. The third-order valence-corrected chi connectivity index (χ3v) is 2.55. The maximum atomic E-state index is 11.3. The van der Waals surface area contributed by atoms with E-state index in [1.54, 1.807) is 18.4 Å². The molecule has 4 nitrogen and oxygen atoms in total. The quantitative estimate of drug-likeness (QED) is 0.259. The molecule has 0 aliphatic rings. The van der Waals surface area contributed by atoms with Gasteiger partial charge in [0.05, 0.1) is 0 Å². The van der Waals surface area contributed by atoms with E-state index in [9.17, 15) is 4.79 Å². The minimum atomic E-state index is -0.380. The summed E-state index contributed by atoms with van der Waals surface area (Å²) in [5.74, 6) is 2.19. The fraction of sp³-hybridized carbons (Fsp3) is 0.333. The molecule has 1 aromatic rings. The Morgan fingerprint density at radius 2 is 1.67 bits per heavy atom. The first kappa shape index (κ1) is 27.4. The first-order chi connectivity index (χ1) is 8.08. The molecule has 1 aromatic carbocycles. The van der Waals surface area contributed by atoms with Gasteiger partial charge >= 0.3 is 0 Å². The van der Waals surface area contributed by atoms with Gasteiger partial charge in [-0.15, -0.1) is 0 Å². The summed E-state index contributed by atoms with van der Waals surface area (Å²) in [6.07, 6.45) is 1.80. The van der Waals surface area contributed by atoms with Crippen LogP contribution in [0.2, 0.25) is 0 Å². The van der Waals surface area contributed by atoms with Crippen molar-refractivity contribution in [2.75, 3.05) is 13.0 Å². The smallest absolute Gasteiger partial charge is 0.184 e. The van der Waals surface area contributed by atoms with Crippen LogP contribution in [0.5, 0.6) is 11.5 Å². The zero-order chi connectivity index (χ0) is 12.8. The average Bonchev–Trinajstić information content (AvgIpc) is 2.26. The van der Waals surface area contributed by atoms with Crippen molar-refractivity contribution in [1.82, 2.24) is 0 Å². The van der Waals surface area contributed by atoms with Crippen molar-refractivity contribution in [2.45, 2.75) is 13.8 Å². The van der Waals surface area contributed by atoms with E-state index in [0.29, 0.717) is 11.5 Å². The van der Waals surface area contributed by atoms with Crippen LogP contribution < -0.4 is 9.47 Å². The molecule has 0 aliphatic carbocycles. The van der Waals surface area contributed by atoms with Gasteiger partial charge < -0.3 is 27.0 Å². The Kier molecular flexibility index (Phi) is 16.9. The topological polar surface area (TPSA) is 59.3 Å². The molecule has 1 N–H and O–H groups in total. The number of hydrogen-bond acceptors (Lipinski definition) is 4. The molecule has 0 unspecified atom stereocenters. The number of hydrogen-bond donors (Lipinski definition) is 0. The fourth-order valence-electron chi connectivity index (χ4n) is 1.34.